The van der Waals surface area contributed by atoms with Crippen molar-refractivity contribution < 1.29 is 9.47 Å². The van der Waals surface area contributed by atoms with E-state index in [-0.39, 0.29) is 6.04 Å². The van der Waals surface area contributed by atoms with Gasteiger partial charge in [-0.1, -0.05) is 6.07 Å². The van der Waals surface area contributed by atoms with Gasteiger partial charge in [0, 0.05) is 0 Å². The Hall–Kier alpha value is -1.91. The molecular formula is C12H13N3O2. The Balaban J connectivity index is 1.91. The summed E-state index contributed by atoms with van der Waals surface area (Å²) in [5, 5.41) is 0. The van der Waals surface area contributed by atoms with Gasteiger partial charge in [-0.2, -0.15) is 0 Å². The van der Waals surface area contributed by atoms with Gasteiger partial charge in [0.1, 0.15) is 24.6 Å². The summed E-state index contributed by atoms with van der Waals surface area (Å²) in [6.07, 6.45) is 0. The van der Waals surface area contributed by atoms with Crippen LogP contribution in [0.4, 0.5) is 0 Å². The van der Waals surface area contributed by atoms with Gasteiger partial charge in [-0.05, 0) is 19.1 Å². The van der Waals surface area contributed by atoms with Gasteiger partial charge >= 0.3 is 0 Å². The molecule has 5 heteroatoms. The Kier molecular flexibility index (Phi) is 2.51. The number of aliphatic imine (C=N–C) groups is 2. The Morgan fingerprint density at radius 3 is 2.65 bits per heavy atom. The molecule has 0 spiro atoms. The maximum Gasteiger partial charge on any atom is 0.235 e. The monoisotopic (exact) mass is 231 g/mol. The average Bonchev–Trinajstić information content (AvgIpc) is 3.00. The summed E-state index contributed by atoms with van der Waals surface area (Å²) in [6, 6.07) is 5.88. The Bertz CT molecular complexity index is 496. The van der Waals surface area contributed by atoms with E-state index in [4.69, 9.17) is 9.47 Å². The maximum atomic E-state index is 5.48. The van der Waals surface area contributed by atoms with Crippen LogP contribution in [-0.2, 0) is 9.47 Å². The molecule has 0 saturated carbocycles. The van der Waals surface area contributed by atoms with E-state index in [1.165, 1.54) is 0 Å². The normalized spacial score (nSPS) is 22.8. The first-order chi connectivity index (χ1) is 8.33. The molecular weight excluding hydrogens is 218 g/mol. The van der Waals surface area contributed by atoms with Gasteiger partial charge < -0.3 is 9.47 Å². The fourth-order valence-electron chi connectivity index (χ4n) is 1.78. The first-order valence-electron chi connectivity index (χ1n) is 5.68. The van der Waals surface area contributed by atoms with Gasteiger partial charge in [0.2, 0.25) is 11.8 Å². The third-order valence-corrected chi connectivity index (χ3v) is 2.57. The van der Waals surface area contributed by atoms with Crippen LogP contribution in [0.25, 0.3) is 0 Å². The van der Waals surface area contributed by atoms with Crippen LogP contribution in [0.2, 0.25) is 0 Å². The van der Waals surface area contributed by atoms with Crippen molar-refractivity contribution >= 4 is 11.8 Å². The molecule has 0 fully saturated rings. The van der Waals surface area contributed by atoms with Crippen molar-refractivity contribution in [2.75, 3.05) is 19.8 Å². The highest BCUT2D eigenvalue weighted by Gasteiger charge is 2.19. The predicted octanol–water partition coefficient (Wildman–Crippen LogP) is 1.02. The number of hydrogen-bond acceptors (Lipinski definition) is 5. The second-order valence-electron chi connectivity index (χ2n) is 4.04. The second-order valence-corrected chi connectivity index (χ2v) is 4.04. The van der Waals surface area contributed by atoms with Crippen molar-refractivity contribution in [3.05, 3.63) is 29.6 Å². The molecule has 0 aromatic carbocycles. The minimum Gasteiger partial charge on any atom is -0.474 e. The molecule has 0 amide bonds. The van der Waals surface area contributed by atoms with E-state index < -0.39 is 0 Å². The Morgan fingerprint density at radius 2 is 2.00 bits per heavy atom. The SMILES string of the molecule is C[C@@H]1COC(c2cccc(C3=NCCO3)n2)=N1. The first-order valence-corrected chi connectivity index (χ1v) is 5.68. The summed E-state index contributed by atoms with van der Waals surface area (Å²) in [5.41, 5.74) is 1.48. The van der Waals surface area contributed by atoms with Crippen LogP contribution in [0.5, 0.6) is 0 Å². The predicted molar refractivity (Wildman–Crippen MR) is 63.5 cm³/mol. The molecule has 3 rings (SSSR count). The van der Waals surface area contributed by atoms with Crippen LogP contribution < -0.4 is 0 Å². The third kappa shape index (κ3) is 2.00. The van der Waals surface area contributed by atoms with E-state index in [0.717, 1.165) is 11.4 Å². The zero-order valence-electron chi connectivity index (χ0n) is 9.59. The fraction of sp³-hybridized carbons (Fsp3) is 0.417. The van der Waals surface area contributed by atoms with E-state index in [1.807, 2.05) is 25.1 Å². The molecule has 17 heavy (non-hydrogen) atoms. The van der Waals surface area contributed by atoms with Gasteiger partial charge in [0.25, 0.3) is 0 Å². The highest BCUT2D eigenvalue weighted by molar-refractivity contribution is 5.97. The lowest BCUT2D eigenvalue weighted by Gasteiger charge is -2.04. The third-order valence-electron chi connectivity index (χ3n) is 2.57. The van der Waals surface area contributed by atoms with Crippen LogP contribution in [0.3, 0.4) is 0 Å². The fourth-order valence-corrected chi connectivity index (χ4v) is 1.78. The van der Waals surface area contributed by atoms with E-state index in [1.54, 1.807) is 0 Å². The average molecular weight is 231 g/mol. The number of ether oxygens (including phenoxy) is 2. The van der Waals surface area contributed by atoms with E-state index in [0.29, 0.717) is 31.6 Å². The topological polar surface area (TPSA) is 56.1 Å². The molecule has 2 aliphatic heterocycles. The van der Waals surface area contributed by atoms with Crippen molar-refractivity contribution in [1.29, 1.82) is 0 Å². The van der Waals surface area contributed by atoms with Crippen molar-refractivity contribution in [3.63, 3.8) is 0 Å². The van der Waals surface area contributed by atoms with Gasteiger partial charge in [-0.15, -0.1) is 0 Å². The van der Waals surface area contributed by atoms with Crippen molar-refractivity contribution in [2.24, 2.45) is 9.98 Å². The highest BCUT2D eigenvalue weighted by atomic mass is 16.5. The highest BCUT2D eigenvalue weighted by Crippen LogP contribution is 2.12. The quantitative estimate of drug-likeness (QED) is 0.763. The van der Waals surface area contributed by atoms with Crippen LogP contribution in [0.15, 0.2) is 28.2 Å². The van der Waals surface area contributed by atoms with Crippen LogP contribution in [-0.4, -0.2) is 42.6 Å². The van der Waals surface area contributed by atoms with Gasteiger partial charge in [-0.25, -0.2) is 15.0 Å². The summed E-state index contributed by atoms with van der Waals surface area (Å²) in [7, 11) is 0. The number of pyridine rings is 1. The molecule has 1 aromatic heterocycles. The Morgan fingerprint density at radius 1 is 1.18 bits per heavy atom. The number of nitrogens with zero attached hydrogens (tertiary/aromatic N) is 3. The van der Waals surface area contributed by atoms with E-state index in [2.05, 4.69) is 15.0 Å². The van der Waals surface area contributed by atoms with Gasteiger partial charge in [0.05, 0.1) is 12.6 Å². The minimum atomic E-state index is 0.204. The molecule has 0 saturated heterocycles. The lowest BCUT2D eigenvalue weighted by molar-refractivity contribution is 0.323. The molecule has 3 heterocycles. The van der Waals surface area contributed by atoms with Crippen LogP contribution in [0.1, 0.15) is 18.3 Å². The largest absolute Gasteiger partial charge is 0.474 e. The summed E-state index contributed by atoms with van der Waals surface area (Å²) < 4.78 is 10.9. The molecule has 0 radical (unpaired) electrons. The minimum absolute atomic E-state index is 0.204. The maximum absolute atomic E-state index is 5.48. The standard InChI is InChI=1S/C12H13N3O2/c1-8-7-17-12(14-8)10-4-2-3-9(15-10)11-13-5-6-16-11/h2-4,8H,5-7H2,1H3/t8-/m1/s1. The molecule has 0 unspecified atom stereocenters. The molecule has 88 valence electrons. The molecule has 0 aliphatic carbocycles. The summed E-state index contributed by atoms with van der Waals surface area (Å²) in [6.45, 7) is 3.98. The molecule has 1 aromatic rings. The molecule has 2 aliphatic rings. The lowest BCUT2D eigenvalue weighted by atomic mass is 10.3. The van der Waals surface area contributed by atoms with Crippen molar-refractivity contribution in [3.8, 4) is 0 Å². The summed E-state index contributed by atoms with van der Waals surface area (Å²) in [5.74, 6) is 1.22. The van der Waals surface area contributed by atoms with E-state index in [9.17, 15) is 0 Å². The van der Waals surface area contributed by atoms with Crippen LogP contribution >= 0.6 is 0 Å². The summed E-state index contributed by atoms with van der Waals surface area (Å²) >= 11 is 0. The number of rotatable bonds is 2. The smallest absolute Gasteiger partial charge is 0.235 e. The number of aromatic nitrogens is 1. The lowest BCUT2D eigenvalue weighted by Crippen LogP contribution is -2.09. The Labute approximate surface area is 99.2 Å². The molecule has 0 N–H and O–H groups in total. The first kappa shape index (κ1) is 10.3. The van der Waals surface area contributed by atoms with Gasteiger partial charge in [0.15, 0.2) is 0 Å². The van der Waals surface area contributed by atoms with Crippen molar-refractivity contribution in [1.82, 2.24) is 4.98 Å². The molecule has 1 atom stereocenters. The molecule has 5 nitrogen and oxygen atoms in total. The van der Waals surface area contributed by atoms with Crippen molar-refractivity contribution in [2.45, 2.75) is 13.0 Å². The zero-order valence-corrected chi connectivity index (χ0v) is 9.59. The number of hydrogen-bond donors (Lipinski definition) is 0. The second kappa shape index (κ2) is 4.16. The van der Waals surface area contributed by atoms with Crippen LogP contribution in [0, 0.1) is 0 Å². The molecule has 0 bridgehead atoms. The zero-order chi connectivity index (χ0) is 11.7. The van der Waals surface area contributed by atoms with Gasteiger partial charge in [-0.3, -0.25) is 0 Å². The van der Waals surface area contributed by atoms with E-state index >= 15 is 0 Å². The summed E-state index contributed by atoms with van der Waals surface area (Å²) in [4.78, 5) is 13.1.